The van der Waals surface area contributed by atoms with E-state index < -0.39 is 0 Å². The van der Waals surface area contributed by atoms with E-state index in [0.717, 1.165) is 0 Å². The van der Waals surface area contributed by atoms with Gasteiger partial charge in [0.1, 0.15) is 0 Å². The average molecular weight is 214 g/mol. The maximum atomic E-state index is 3.34. The van der Waals surface area contributed by atoms with Crippen LogP contribution in [-0.2, 0) is 0 Å². The molecule has 0 aromatic heterocycles. The van der Waals surface area contributed by atoms with Crippen LogP contribution in [0.25, 0.3) is 10.8 Å². The predicted octanol–water partition coefficient (Wildman–Crippen LogP) is 2.62. The number of nitrogens with one attached hydrogen (secondary N) is 1. The van der Waals surface area contributed by atoms with E-state index in [1.165, 1.54) is 16.3 Å². The third kappa shape index (κ3) is 1.94. The van der Waals surface area contributed by atoms with E-state index >= 15 is 0 Å². The lowest BCUT2D eigenvalue weighted by Gasteiger charge is -2.25. The molecule has 16 heavy (non-hydrogen) atoms. The van der Waals surface area contributed by atoms with Crippen LogP contribution in [-0.4, -0.2) is 26.0 Å². The van der Waals surface area contributed by atoms with Gasteiger partial charge in [-0.15, -0.1) is 0 Å². The summed E-state index contributed by atoms with van der Waals surface area (Å²) in [6.07, 6.45) is 0.256. The molecule has 0 amide bonds. The summed E-state index contributed by atoms with van der Waals surface area (Å²) in [4.78, 5) is 2.18. The molecule has 2 rings (SSSR count). The zero-order valence-electron chi connectivity index (χ0n) is 10.1. The van der Waals surface area contributed by atoms with Gasteiger partial charge in [0, 0.05) is 0 Å². The molecule has 0 fully saturated rings. The van der Waals surface area contributed by atoms with Gasteiger partial charge in [0.15, 0.2) is 0 Å². The summed E-state index contributed by atoms with van der Waals surface area (Å²) in [5.41, 5.74) is 1.32. The van der Waals surface area contributed by atoms with E-state index in [1.807, 2.05) is 7.05 Å². The minimum atomic E-state index is 0.256. The highest BCUT2D eigenvalue weighted by molar-refractivity contribution is 5.86. The van der Waals surface area contributed by atoms with Gasteiger partial charge < -0.3 is 5.32 Å². The van der Waals surface area contributed by atoms with Crippen LogP contribution in [0.2, 0.25) is 0 Å². The Balaban J connectivity index is 2.59. The van der Waals surface area contributed by atoms with Gasteiger partial charge in [-0.2, -0.15) is 0 Å². The summed E-state index contributed by atoms with van der Waals surface area (Å²) < 4.78 is 0. The molecule has 2 aromatic carbocycles. The maximum absolute atomic E-state index is 3.34. The first kappa shape index (κ1) is 11.1. The van der Waals surface area contributed by atoms with Crippen LogP contribution in [0.1, 0.15) is 11.7 Å². The number of hydrogen-bond donors (Lipinski definition) is 1. The molecule has 1 atom stereocenters. The fourth-order valence-corrected chi connectivity index (χ4v) is 2.18. The lowest BCUT2D eigenvalue weighted by Crippen LogP contribution is -2.30. The Morgan fingerprint density at radius 1 is 1.00 bits per heavy atom. The van der Waals surface area contributed by atoms with Gasteiger partial charge in [-0.1, -0.05) is 42.5 Å². The van der Waals surface area contributed by atoms with Crippen LogP contribution in [0, 0.1) is 0 Å². The number of fused-ring (bicyclic) bond motifs is 1. The molecule has 0 saturated heterocycles. The van der Waals surface area contributed by atoms with Crippen molar-refractivity contribution in [1.82, 2.24) is 10.2 Å². The van der Waals surface area contributed by atoms with Crippen molar-refractivity contribution in [2.75, 3.05) is 21.1 Å². The van der Waals surface area contributed by atoms with Gasteiger partial charge in [-0.05, 0) is 37.5 Å². The van der Waals surface area contributed by atoms with Gasteiger partial charge in [-0.3, -0.25) is 4.90 Å². The summed E-state index contributed by atoms with van der Waals surface area (Å²) in [5.74, 6) is 0. The predicted molar refractivity (Wildman–Crippen MR) is 69.4 cm³/mol. The largest absolute Gasteiger partial charge is 0.301 e. The minimum absolute atomic E-state index is 0.256. The lowest BCUT2D eigenvalue weighted by atomic mass is 10.0. The molecule has 0 aliphatic heterocycles. The minimum Gasteiger partial charge on any atom is -0.301 e. The fourth-order valence-electron chi connectivity index (χ4n) is 2.18. The molecule has 0 aliphatic carbocycles. The van der Waals surface area contributed by atoms with Crippen LogP contribution in [0.15, 0.2) is 42.5 Å². The van der Waals surface area contributed by atoms with E-state index in [1.54, 1.807) is 0 Å². The summed E-state index contributed by atoms with van der Waals surface area (Å²) >= 11 is 0. The third-order valence-corrected chi connectivity index (χ3v) is 2.91. The van der Waals surface area contributed by atoms with E-state index in [2.05, 4.69) is 66.8 Å². The quantitative estimate of drug-likeness (QED) is 0.790. The van der Waals surface area contributed by atoms with Crippen molar-refractivity contribution in [2.24, 2.45) is 0 Å². The second-order valence-electron chi connectivity index (χ2n) is 4.22. The zero-order valence-corrected chi connectivity index (χ0v) is 10.1. The van der Waals surface area contributed by atoms with Crippen molar-refractivity contribution < 1.29 is 0 Å². The Labute approximate surface area is 96.9 Å². The molecular weight excluding hydrogens is 196 g/mol. The fraction of sp³-hybridized carbons (Fsp3) is 0.286. The standard InChI is InChI=1S/C14H18N2/c1-15-14(16(2)3)13-10-6-8-11-7-4-5-9-12(11)13/h4-10,14-15H,1-3H3. The summed E-state index contributed by atoms with van der Waals surface area (Å²) in [7, 11) is 6.17. The highest BCUT2D eigenvalue weighted by Crippen LogP contribution is 2.24. The second kappa shape index (κ2) is 4.64. The SMILES string of the molecule is CNC(c1cccc2ccccc12)N(C)C. The van der Waals surface area contributed by atoms with E-state index in [-0.39, 0.29) is 6.17 Å². The summed E-state index contributed by atoms with van der Waals surface area (Å²) in [5, 5.41) is 5.95. The Hall–Kier alpha value is -1.38. The van der Waals surface area contributed by atoms with Crippen LogP contribution >= 0.6 is 0 Å². The van der Waals surface area contributed by atoms with E-state index in [9.17, 15) is 0 Å². The number of nitrogens with zero attached hydrogens (tertiary/aromatic N) is 1. The first-order chi connectivity index (χ1) is 7.74. The lowest BCUT2D eigenvalue weighted by molar-refractivity contribution is 0.266. The zero-order chi connectivity index (χ0) is 11.5. The Bertz CT molecular complexity index is 472. The maximum Gasteiger partial charge on any atom is 0.0859 e. The molecule has 2 nitrogen and oxygen atoms in total. The molecule has 2 aromatic rings. The number of rotatable bonds is 3. The molecular formula is C14H18N2. The normalized spacial score (nSPS) is 13.2. The molecule has 0 aliphatic rings. The summed E-state index contributed by atoms with van der Waals surface area (Å²) in [6.45, 7) is 0. The molecule has 0 saturated carbocycles. The van der Waals surface area contributed by atoms with Gasteiger partial charge in [0.25, 0.3) is 0 Å². The number of benzene rings is 2. The first-order valence-corrected chi connectivity index (χ1v) is 5.55. The van der Waals surface area contributed by atoms with E-state index in [0.29, 0.717) is 0 Å². The van der Waals surface area contributed by atoms with Crippen molar-refractivity contribution in [3.05, 3.63) is 48.0 Å². The highest BCUT2D eigenvalue weighted by atomic mass is 15.2. The van der Waals surface area contributed by atoms with Crippen molar-refractivity contribution in [1.29, 1.82) is 0 Å². The molecule has 1 unspecified atom stereocenters. The molecule has 2 heteroatoms. The van der Waals surface area contributed by atoms with Crippen LogP contribution < -0.4 is 5.32 Å². The molecule has 1 N–H and O–H groups in total. The molecule has 0 radical (unpaired) electrons. The van der Waals surface area contributed by atoms with Crippen molar-refractivity contribution in [3.63, 3.8) is 0 Å². The highest BCUT2D eigenvalue weighted by Gasteiger charge is 2.13. The van der Waals surface area contributed by atoms with Crippen LogP contribution in [0.3, 0.4) is 0 Å². The topological polar surface area (TPSA) is 15.3 Å². The van der Waals surface area contributed by atoms with E-state index in [4.69, 9.17) is 0 Å². The molecule has 84 valence electrons. The second-order valence-corrected chi connectivity index (χ2v) is 4.22. The van der Waals surface area contributed by atoms with Gasteiger partial charge >= 0.3 is 0 Å². The monoisotopic (exact) mass is 214 g/mol. The Morgan fingerprint density at radius 2 is 1.69 bits per heavy atom. The number of hydrogen-bond acceptors (Lipinski definition) is 2. The van der Waals surface area contributed by atoms with Gasteiger partial charge in [0.05, 0.1) is 6.17 Å². The van der Waals surface area contributed by atoms with Gasteiger partial charge in [0.2, 0.25) is 0 Å². The summed E-state index contributed by atoms with van der Waals surface area (Å²) in [6, 6.07) is 15.0. The van der Waals surface area contributed by atoms with Crippen molar-refractivity contribution >= 4 is 10.8 Å². The average Bonchev–Trinajstić information content (AvgIpc) is 2.30. The van der Waals surface area contributed by atoms with Crippen molar-refractivity contribution in [3.8, 4) is 0 Å². The first-order valence-electron chi connectivity index (χ1n) is 5.55. The Kier molecular flexibility index (Phi) is 3.22. The smallest absolute Gasteiger partial charge is 0.0859 e. The molecule has 0 heterocycles. The Morgan fingerprint density at radius 3 is 2.38 bits per heavy atom. The van der Waals surface area contributed by atoms with Crippen LogP contribution in [0.5, 0.6) is 0 Å². The van der Waals surface area contributed by atoms with Crippen molar-refractivity contribution in [2.45, 2.75) is 6.17 Å². The molecule has 0 spiro atoms. The van der Waals surface area contributed by atoms with Crippen LogP contribution in [0.4, 0.5) is 0 Å². The third-order valence-electron chi connectivity index (χ3n) is 2.91. The molecule has 0 bridgehead atoms. The van der Waals surface area contributed by atoms with Gasteiger partial charge in [-0.25, -0.2) is 0 Å².